The summed E-state index contributed by atoms with van der Waals surface area (Å²) >= 11 is 3.45. The van der Waals surface area contributed by atoms with Gasteiger partial charge in [0.2, 0.25) is 0 Å². The Morgan fingerprint density at radius 2 is 1.72 bits per heavy atom. The van der Waals surface area contributed by atoms with Crippen LogP contribution in [0.15, 0.2) is 59.1 Å². The summed E-state index contributed by atoms with van der Waals surface area (Å²) in [6.45, 7) is 3.25. The van der Waals surface area contributed by atoms with Crippen molar-refractivity contribution in [1.29, 1.82) is 0 Å². The number of carbonyl (C=O) groups excluding carboxylic acids is 2. The Hall–Kier alpha value is -2.54. The molecule has 0 bridgehead atoms. The zero-order valence-corrected chi connectivity index (χ0v) is 17.8. The van der Waals surface area contributed by atoms with E-state index in [4.69, 9.17) is 4.74 Å². The van der Waals surface area contributed by atoms with Crippen molar-refractivity contribution in [2.75, 3.05) is 18.4 Å². The van der Waals surface area contributed by atoms with E-state index in [2.05, 4.69) is 21.2 Å². The van der Waals surface area contributed by atoms with E-state index in [-0.39, 0.29) is 30.3 Å². The minimum absolute atomic E-state index is 0.0319. The molecule has 2 aromatic carbocycles. The largest absolute Gasteiger partial charge is 0.439 e. The summed E-state index contributed by atoms with van der Waals surface area (Å²) in [5.41, 5.74) is 1.77. The van der Waals surface area contributed by atoms with Gasteiger partial charge >= 0.3 is 12.1 Å². The van der Waals surface area contributed by atoms with Crippen molar-refractivity contribution in [2.45, 2.75) is 38.0 Å². The van der Waals surface area contributed by atoms with E-state index >= 15 is 0 Å². The van der Waals surface area contributed by atoms with E-state index in [0.29, 0.717) is 13.1 Å². The second kappa shape index (κ2) is 8.45. The monoisotopic (exact) mass is 457 g/mol. The number of cyclic esters (lactones) is 1. The summed E-state index contributed by atoms with van der Waals surface area (Å²) in [4.78, 5) is 28.8. The highest BCUT2D eigenvalue weighted by Gasteiger charge is 2.44. The van der Waals surface area contributed by atoms with Gasteiger partial charge in [0.05, 0.1) is 11.7 Å². The molecule has 2 saturated heterocycles. The lowest BCUT2D eigenvalue weighted by molar-refractivity contribution is 0.115. The van der Waals surface area contributed by atoms with Gasteiger partial charge < -0.3 is 15.0 Å². The Kier molecular flexibility index (Phi) is 5.76. The van der Waals surface area contributed by atoms with Crippen molar-refractivity contribution >= 4 is 33.7 Å². The lowest BCUT2D eigenvalue weighted by atomic mass is 9.98. The highest BCUT2D eigenvalue weighted by molar-refractivity contribution is 9.10. The minimum atomic E-state index is -0.262. The van der Waals surface area contributed by atoms with Crippen LogP contribution in [-0.2, 0) is 4.74 Å². The predicted octanol–water partition coefficient (Wildman–Crippen LogP) is 5.03. The Labute approximate surface area is 178 Å². The fourth-order valence-corrected chi connectivity index (χ4v) is 4.54. The molecule has 29 heavy (non-hydrogen) atoms. The molecule has 4 rings (SSSR count). The molecule has 0 saturated carbocycles. The highest BCUT2D eigenvalue weighted by atomic mass is 79.9. The number of nitrogens with one attached hydrogen (secondary N) is 1. The van der Waals surface area contributed by atoms with Crippen LogP contribution in [0.1, 0.15) is 31.4 Å². The third-order valence-corrected chi connectivity index (χ3v) is 6.40. The van der Waals surface area contributed by atoms with E-state index in [1.54, 1.807) is 4.90 Å². The van der Waals surface area contributed by atoms with Crippen LogP contribution in [0.2, 0.25) is 0 Å². The Bertz CT molecular complexity index is 884. The first-order valence-corrected chi connectivity index (χ1v) is 10.7. The summed E-state index contributed by atoms with van der Waals surface area (Å²) in [5, 5.41) is 2.95. The molecule has 0 aromatic heterocycles. The molecule has 2 atom stereocenters. The number of hydrogen-bond acceptors (Lipinski definition) is 3. The normalized spacial score (nSPS) is 22.5. The molecule has 3 amide bonds. The van der Waals surface area contributed by atoms with Crippen LogP contribution < -0.4 is 5.32 Å². The first-order valence-electron chi connectivity index (χ1n) is 9.89. The number of carbonyl (C=O) groups is 2. The molecule has 2 aliphatic heterocycles. The van der Waals surface area contributed by atoms with Crippen LogP contribution >= 0.6 is 15.9 Å². The minimum Gasteiger partial charge on any atom is -0.439 e. The molecule has 7 heteroatoms. The number of halogens is 1. The topological polar surface area (TPSA) is 61.9 Å². The van der Waals surface area contributed by atoms with Gasteiger partial charge in [-0.1, -0.05) is 42.5 Å². The van der Waals surface area contributed by atoms with E-state index in [9.17, 15) is 9.59 Å². The standard InChI is InChI=1S/C22H24BrN3O3/c1-15-20(16-7-3-2-4-8-16)29-22(28)26(15)17-11-13-25(14-12-17)21(27)24-19-10-6-5-9-18(19)23/h2-10,15,17,20H,11-14H2,1H3,(H,24,27). The second-order valence-electron chi connectivity index (χ2n) is 7.49. The van der Waals surface area contributed by atoms with E-state index in [1.165, 1.54) is 0 Å². The van der Waals surface area contributed by atoms with Gasteiger partial charge in [-0.25, -0.2) is 9.59 Å². The number of anilines is 1. The van der Waals surface area contributed by atoms with Crippen molar-refractivity contribution in [3.63, 3.8) is 0 Å². The molecule has 2 heterocycles. The van der Waals surface area contributed by atoms with Crippen LogP contribution in [0.25, 0.3) is 0 Å². The zero-order valence-electron chi connectivity index (χ0n) is 16.3. The number of rotatable bonds is 3. The summed E-state index contributed by atoms with van der Waals surface area (Å²) in [7, 11) is 0. The summed E-state index contributed by atoms with van der Waals surface area (Å²) < 4.78 is 6.53. The Morgan fingerprint density at radius 1 is 1.07 bits per heavy atom. The molecule has 0 radical (unpaired) electrons. The predicted molar refractivity (Wildman–Crippen MR) is 115 cm³/mol. The summed E-state index contributed by atoms with van der Waals surface area (Å²) in [6, 6.07) is 17.3. The quantitative estimate of drug-likeness (QED) is 0.702. The highest BCUT2D eigenvalue weighted by Crippen LogP contribution is 2.35. The van der Waals surface area contributed by atoms with Gasteiger partial charge in [0, 0.05) is 23.6 Å². The van der Waals surface area contributed by atoms with Crippen LogP contribution in [0.4, 0.5) is 15.3 Å². The summed E-state index contributed by atoms with van der Waals surface area (Å²) in [6.07, 6.45) is 0.970. The molecule has 2 unspecified atom stereocenters. The number of piperidine rings is 1. The molecule has 2 aromatic rings. The number of ether oxygens (including phenoxy) is 1. The molecular formula is C22H24BrN3O3. The van der Waals surface area contributed by atoms with Crippen LogP contribution in [-0.4, -0.2) is 47.1 Å². The fraction of sp³-hybridized carbons (Fsp3) is 0.364. The number of nitrogens with zero attached hydrogens (tertiary/aromatic N) is 2. The molecule has 0 aliphatic carbocycles. The van der Waals surface area contributed by atoms with E-state index in [1.807, 2.05) is 66.4 Å². The molecule has 152 valence electrons. The van der Waals surface area contributed by atoms with Crippen molar-refractivity contribution in [1.82, 2.24) is 9.80 Å². The first kappa shape index (κ1) is 19.8. The number of amides is 3. The molecule has 1 N–H and O–H groups in total. The van der Waals surface area contributed by atoms with Crippen molar-refractivity contribution < 1.29 is 14.3 Å². The van der Waals surface area contributed by atoms with Crippen molar-refractivity contribution in [2.24, 2.45) is 0 Å². The van der Waals surface area contributed by atoms with Gasteiger partial charge in [0.1, 0.15) is 6.10 Å². The number of urea groups is 1. The zero-order chi connectivity index (χ0) is 20.4. The molecular weight excluding hydrogens is 434 g/mol. The van der Waals surface area contributed by atoms with E-state index < -0.39 is 0 Å². The van der Waals surface area contributed by atoms with Gasteiger partial charge in [-0.2, -0.15) is 0 Å². The van der Waals surface area contributed by atoms with Crippen LogP contribution in [0.5, 0.6) is 0 Å². The number of hydrogen-bond donors (Lipinski definition) is 1. The lowest BCUT2D eigenvalue weighted by Gasteiger charge is -2.37. The second-order valence-corrected chi connectivity index (χ2v) is 8.35. The Balaban J connectivity index is 1.36. The molecule has 2 aliphatic rings. The third kappa shape index (κ3) is 4.10. The van der Waals surface area contributed by atoms with Crippen molar-refractivity contribution in [3.8, 4) is 0 Å². The average molecular weight is 458 g/mol. The third-order valence-electron chi connectivity index (χ3n) is 5.70. The maximum absolute atomic E-state index is 12.6. The Morgan fingerprint density at radius 3 is 2.41 bits per heavy atom. The lowest BCUT2D eigenvalue weighted by Crippen LogP contribution is -2.50. The SMILES string of the molecule is CC1C(c2ccccc2)OC(=O)N1C1CCN(C(=O)Nc2ccccc2Br)CC1. The van der Waals surface area contributed by atoms with Gasteiger partial charge in [-0.05, 0) is 53.4 Å². The van der Waals surface area contributed by atoms with Gasteiger partial charge in [0.25, 0.3) is 0 Å². The molecule has 6 nitrogen and oxygen atoms in total. The number of benzene rings is 2. The maximum Gasteiger partial charge on any atom is 0.411 e. The maximum atomic E-state index is 12.6. The average Bonchev–Trinajstić information content (AvgIpc) is 3.04. The number of para-hydroxylation sites is 1. The molecule has 2 fully saturated rings. The van der Waals surface area contributed by atoms with Gasteiger partial charge in [-0.3, -0.25) is 4.90 Å². The fourth-order valence-electron chi connectivity index (χ4n) is 4.15. The van der Waals surface area contributed by atoms with Crippen molar-refractivity contribution in [3.05, 3.63) is 64.6 Å². The van der Waals surface area contributed by atoms with E-state index in [0.717, 1.165) is 28.6 Å². The smallest absolute Gasteiger partial charge is 0.411 e. The van der Waals surface area contributed by atoms with Crippen LogP contribution in [0, 0.1) is 0 Å². The first-order chi connectivity index (χ1) is 14.0. The van der Waals surface area contributed by atoms with Crippen LogP contribution in [0.3, 0.4) is 0 Å². The number of likely N-dealkylation sites (tertiary alicyclic amines) is 1. The van der Waals surface area contributed by atoms with Gasteiger partial charge in [-0.15, -0.1) is 0 Å². The molecule has 0 spiro atoms. The van der Waals surface area contributed by atoms with Gasteiger partial charge in [0.15, 0.2) is 0 Å². The summed E-state index contributed by atoms with van der Waals surface area (Å²) in [5.74, 6) is 0.